The van der Waals surface area contributed by atoms with Gasteiger partial charge in [0.05, 0.1) is 23.3 Å². The summed E-state index contributed by atoms with van der Waals surface area (Å²) in [7, 11) is 1.20. The second kappa shape index (κ2) is 4.44. The molecule has 0 radical (unpaired) electrons. The zero-order chi connectivity index (χ0) is 13.6. The normalized spacial score (nSPS) is 21.1. The highest BCUT2D eigenvalue weighted by atomic mass is 35.5. The van der Waals surface area contributed by atoms with Gasteiger partial charge in [0, 0.05) is 0 Å². The highest BCUT2D eigenvalue weighted by Crippen LogP contribution is 2.36. The van der Waals surface area contributed by atoms with Crippen LogP contribution in [0.3, 0.4) is 0 Å². The van der Waals surface area contributed by atoms with Crippen LogP contribution < -0.4 is 10.2 Å². The number of hydrogen-bond acceptors (Lipinski definition) is 3. The lowest BCUT2D eigenvalue weighted by Gasteiger charge is -2.32. The molecule has 3 nitrogen and oxygen atoms in total. The molecule has 5 heteroatoms. The topological polar surface area (TPSA) is 27.7 Å². The first-order valence-corrected chi connectivity index (χ1v) is 6.34. The smallest absolute Gasteiger partial charge is 0.494 e. The summed E-state index contributed by atoms with van der Waals surface area (Å²) in [5.41, 5.74) is 0.216. The molecule has 1 fully saturated rings. The van der Waals surface area contributed by atoms with E-state index in [9.17, 15) is 0 Å². The minimum atomic E-state index is -0.390. The van der Waals surface area contributed by atoms with Crippen LogP contribution in [0.4, 0.5) is 0 Å². The molecule has 0 bridgehead atoms. The molecule has 0 saturated carbocycles. The van der Waals surface area contributed by atoms with Gasteiger partial charge in [-0.05, 0) is 45.3 Å². The third-order valence-electron chi connectivity index (χ3n) is 3.70. The van der Waals surface area contributed by atoms with Crippen LogP contribution in [0.25, 0.3) is 0 Å². The van der Waals surface area contributed by atoms with Gasteiger partial charge in [0.15, 0.2) is 0 Å². The first-order valence-electron chi connectivity index (χ1n) is 5.96. The monoisotopic (exact) mass is 268 g/mol. The van der Waals surface area contributed by atoms with Gasteiger partial charge in [-0.25, -0.2) is 0 Å². The maximum Gasteiger partial charge on any atom is 0.494 e. The minimum absolute atomic E-state index is 0.343. The Labute approximate surface area is 114 Å². The highest BCUT2D eigenvalue weighted by molar-refractivity contribution is 6.62. The zero-order valence-corrected chi connectivity index (χ0v) is 12.2. The van der Waals surface area contributed by atoms with E-state index < -0.39 is 7.12 Å². The van der Waals surface area contributed by atoms with Crippen molar-refractivity contribution in [3.05, 3.63) is 23.2 Å². The first kappa shape index (κ1) is 13.7. The molecule has 0 unspecified atom stereocenters. The fraction of sp³-hybridized carbons (Fsp3) is 0.538. The van der Waals surface area contributed by atoms with Crippen molar-refractivity contribution in [2.45, 2.75) is 38.9 Å². The fourth-order valence-electron chi connectivity index (χ4n) is 1.81. The van der Waals surface area contributed by atoms with E-state index in [-0.39, 0.29) is 11.2 Å². The molecular formula is C13H18BClO3. The van der Waals surface area contributed by atoms with Gasteiger partial charge in [0.1, 0.15) is 5.75 Å². The van der Waals surface area contributed by atoms with Gasteiger partial charge in [0.25, 0.3) is 0 Å². The summed E-state index contributed by atoms with van der Waals surface area (Å²) in [6.07, 6.45) is 0. The average Bonchev–Trinajstić information content (AvgIpc) is 2.48. The summed E-state index contributed by atoms with van der Waals surface area (Å²) < 4.78 is 17.0. The third-order valence-corrected chi connectivity index (χ3v) is 4.00. The van der Waals surface area contributed by atoms with Gasteiger partial charge >= 0.3 is 7.12 Å². The molecule has 18 heavy (non-hydrogen) atoms. The van der Waals surface area contributed by atoms with E-state index in [1.54, 1.807) is 7.11 Å². The van der Waals surface area contributed by atoms with E-state index in [0.717, 1.165) is 5.46 Å². The Hall–Kier alpha value is -0.705. The summed E-state index contributed by atoms with van der Waals surface area (Å²) in [6, 6.07) is 5.55. The van der Waals surface area contributed by atoms with Crippen molar-refractivity contribution in [3.63, 3.8) is 0 Å². The summed E-state index contributed by atoms with van der Waals surface area (Å²) in [5.74, 6) is 0.650. The van der Waals surface area contributed by atoms with Crippen molar-refractivity contribution in [2.75, 3.05) is 7.11 Å². The molecule has 0 atom stereocenters. The molecule has 1 aliphatic heterocycles. The molecule has 0 N–H and O–H groups in total. The van der Waals surface area contributed by atoms with Gasteiger partial charge in [-0.1, -0.05) is 17.7 Å². The van der Waals surface area contributed by atoms with Crippen molar-refractivity contribution in [2.24, 2.45) is 0 Å². The van der Waals surface area contributed by atoms with E-state index in [4.69, 9.17) is 25.6 Å². The van der Waals surface area contributed by atoms with Crippen LogP contribution in [0, 0.1) is 0 Å². The molecule has 1 heterocycles. The second-order valence-electron chi connectivity index (χ2n) is 5.48. The molecule has 0 aliphatic carbocycles. The highest BCUT2D eigenvalue weighted by Gasteiger charge is 2.51. The van der Waals surface area contributed by atoms with Gasteiger partial charge in [-0.2, -0.15) is 0 Å². The number of rotatable bonds is 2. The number of ether oxygens (including phenoxy) is 1. The predicted molar refractivity (Wildman–Crippen MR) is 73.7 cm³/mol. The fourth-order valence-corrected chi connectivity index (χ4v) is 2.07. The lowest BCUT2D eigenvalue weighted by Crippen LogP contribution is -2.41. The Morgan fingerprint density at radius 3 is 2.11 bits per heavy atom. The summed E-state index contributed by atoms with van der Waals surface area (Å²) >= 11 is 6.11. The van der Waals surface area contributed by atoms with Gasteiger partial charge in [-0.15, -0.1) is 0 Å². The SMILES string of the molecule is COc1ccc(B2OC(C)(C)C(C)(C)O2)cc1Cl. The quantitative estimate of drug-likeness (QED) is 0.772. The Morgan fingerprint density at radius 2 is 1.67 bits per heavy atom. The summed E-state index contributed by atoms with van der Waals surface area (Å²) in [5, 5.41) is 0.560. The molecule has 0 amide bonds. The van der Waals surface area contributed by atoms with Gasteiger partial charge in [-0.3, -0.25) is 0 Å². The number of benzene rings is 1. The number of halogens is 1. The average molecular weight is 269 g/mol. The van der Waals surface area contributed by atoms with E-state index in [2.05, 4.69) is 0 Å². The van der Waals surface area contributed by atoms with Crippen molar-refractivity contribution in [1.29, 1.82) is 0 Å². The largest absolute Gasteiger partial charge is 0.495 e. The maximum absolute atomic E-state index is 6.11. The third kappa shape index (κ3) is 2.25. The van der Waals surface area contributed by atoms with Crippen LogP contribution >= 0.6 is 11.6 Å². The van der Waals surface area contributed by atoms with E-state index in [1.807, 2.05) is 45.9 Å². The van der Waals surface area contributed by atoms with E-state index in [0.29, 0.717) is 10.8 Å². The standard InChI is InChI=1S/C13H18BClO3/c1-12(2)13(3,4)18-14(17-12)9-6-7-11(16-5)10(15)8-9/h6-8H,1-5H3. The van der Waals surface area contributed by atoms with Crippen LogP contribution in [0.2, 0.25) is 5.02 Å². The zero-order valence-electron chi connectivity index (χ0n) is 11.4. The van der Waals surface area contributed by atoms with Crippen molar-refractivity contribution in [1.82, 2.24) is 0 Å². The second-order valence-corrected chi connectivity index (χ2v) is 5.89. The van der Waals surface area contributed by atoms with Crippen LogP contribution in [0.1, 0.15) is 27.7 Å². The van der Waals surface area contributed by atoms with Crippen LogP contribution in [-0.2, 0) is 9.31 Å². The number of hydrogen-bond donors (Lipinski definition) is 0. The molecule has 1 saturated heterocycles. The van der Waals surface area contributed by atoms with Crippen LogP contribution in [-0.4, -0.2) is 25.4 Å². The molecule has 1 aliphatic rings. The molecular weight excluding hydrogens is 250 g/mol. The van der Waals surface area contributed by atoms with E-state index in [1.165, 1.54) is 0 Å². The summed E-state index contributed by atoms with van der Waals surface area (Å²) in [4.78, 5) is 0. The van der Waals surface area contributed by atoms with Crippen molar-refractivity contribution >= 4 is 24.2 Å². The molecule has 1 aromatic rings. The first-order chi connectivity index (χ1) is 8.27. The van der Waals surface area contributed by atoms with Gasteiger partial charge < -0.3 is 14.0 Å². The Bertz CT molecular complexity index is 444. The van der Waals surface area contributed by atoms with Crippen LogP contribution in [0.5, 0.6) is 5.75 Å². The Morgan fingerprint density at radius 1 is 1.11 bits per heavy atom. The van der Waals surface area contributed by atoms with Crippen LogP contribution in [0.15, 0.2) is 18.2 Å². The molecule has 0 spiro atoms. The maximum atomic E-state index is 6.11. The molecule has 0 aromatic heterocycles. The number of methoxy groups -OCH3 is 1. The molecule has 1 aromatic carbocycles. The molecule has 2 rings (SSSR count). The Balaban J connectivity index is 2.27. The lowest BCUT2D eigenvalue weighted by molar-refractivity contribution is 0.00578. The molecule has 98 valence electrons. The van der Waals surface area contributed by atoms with Gasteiger partial charge in [0.2, 0.25) is 0 Å². The summed E-state index contributed by atoms with van der Waals surface area (Å²) in [6.45, 7) is 8.10. The predicted octanol–water partition coefficient (Wildman–Crippen LogP) is 2.65. The van der Waals surface area contributed by atoms with Crippen molar-refractivity contribution in [3.8, 4) is 5.75 Å². The van der Waals surface area contributed by atoms with Crippen molar-refractivity contribution < 1.29 is 14.0 Å². The Kier molecular flexibility index (Phi) is 3.39. The lowest BCUT2D eigenvalue weighted by atomic mass is 9.79. The minimum Gasteiger partial charge on any atom is -0.495 e. The van der Waals surface area contributed by atoms with E-state index >= 15 is 0 Å².